The highest BCUT2D eigenvalue weighted by molar-refractivity contribution is 7.13. The fourth-order valence-corrected chi connectivity index (χ4v) is 2.61. The van der Waals surface area contributed by atoms with E-state index in [0.717, 1.165) is 31.3 Å². The predicted octanol–water partition coefficient (Wildman–Crippen LogP) is 0.567. The van der Waals surface area contributed by atoms with Gasteiger partial charge in [-0.3, -0.25) is 4.79 Å². The predicted molar refractivity (Wildman–Crippen MR) is 74.0 cm³/mol. The van der Waals surface area contributed by atoms with Crippen LogP contribution in [0.4, 0.5) is 5.13 Å². The van der Waals surface area contributed by atoms with E-state index in [1.165, 1.54) is 0 Å². The minimum Gasteiger partial charge on any atom is -0.345 e. The number of aromatic nitrogens is 1. The third-order valence-corrected chi connectivity index (χ3v) is 3.72. The maximum Gasteiger partial charge on any atom is 0.236 e. The van der Waals surface area contributed by atoms with Gasteiger partial charge in [0, 0.05) is 44.3 Å². The molecule has 18 heavy (non-hydrogen) atoms. The molecule has 1 N–H and O–H groups in total. The number of nitrogens with zero attached hydrogens (tertiary/aromatic N) is 3. The molecule has 2 rings (SSSR count). The van der Waals surface area contributed by atoms with Gasteiger partial charge in [-0.25, -0.2) is 4.98 Å². The third-order valence-electron chi connectivity index (χ3n) is 2.89. The van der Waals surface area contributed by atoms with E-state index in [2.05, 4.69) is 21.8 Å². The van der Waals surface area contributed by atoms with Gasteiger partial charge in [0.2, 0.25) is 5.91 Å². The van der Waals surface area contributed by atoms with Crippen molar-refractivity contribution in [2.45, 2.75) is 0 Å². The lowest BCUT2D eigenvalue weighted by Crippen LogP contribution is -2.50. The Kier molecular flexibility index (Phi) is 4.72. The van der Waals surface area contributed by atoms with Crippen LogP contribution in [-0.4, -0.2) is 55.1 Å². The summed E-state index contributed by atoms with van der Waals surface area (Å²) in [6.45, 7) is 7.94. The van der Waals surface area contributed by atoms with Crippen molar-refractivity contribution in [2.24, 2.45) is 0 Å². The molecule has 1 amide bonds. The summed E-state index contributed by atoms with van der Waals surface area (Å²) >= 11 is 1.64. The van der Waals surface area contributed by atoms with Gasteiger partial charge in [-0.2, -0.15) is 0 Å². The van der Waals surface area contributed by atoms with Crippen LogP contribution in [0, 0.1) is 0 Å². The van der Waals surface area contributed by atoms with Crippen LogP contribution in [0.1, 0.15) is 0 Å². The normalized spacial score (nSPS) is 15.8. The summed E-state index contributed by atoms with van der Waals surface area (Å²) in [4.78, 5) is 20.3. The zero-order valence-corrected chi connectivity index (χ0v) is 11.2. The summed E-state index contributed by atoms with van der Waals surface area (Å²) in [5.41, 5.74) is 0. The summed E-state index contributed by atoms with van der Waals surface area (Å²) < 4.78 is 0. The number of carbonyl (C=O) groups is 1. The topological polar surface area (TPSA) is 48.5 Å². The summed E-state index contributed by atoms with van der Waals surface area (Å²) in [6, 6.07) is 0. The van der Waals surface area contributed by atoms with E-state index >= 15 is 0 Å². The van der Waals surface area contributed by atoms with Gasteiger partial charge in [-0.05, 0) is 0 Å². The van der Waals surface area contributed by atoms with Gasteiger partial charge >= 0.3 is 0 Å². The second-order valence-corrected chi connectivity index (χ2v) is 4.98. The van der Waals surface area contributed by atoms with E-state index in [1.54, 1.807) is 17.4 Å². The van der Waals surface area contributed by atoms with Gasteiger partial charge in [-0.1, -0.05) is 6.08 Å². The summed E-state index contributed by atoms with van der Waals surface area (Å²) in [5, 5.41) is 6.06. The van der Waals surface area contributed by atoms with Gasteiger partial charge in [-0.15, -0.1) is 17.9 Å². The number of piperazine rings is 1. The average Bonchev–Trinajstić information content (AvgIpc) is 2.93. The van der Waals surface area contributed by atoms with E-state index in [4.69, 9.17) is 0 Å². The SMILES string of the molecule is C=CCNCC(=O)N1CCN(c2nccs2)CC1. The van der Waals surface area contributed by atoms with Gasteiger partial charge in [0.05, 0.1) is 6.54 Å². The number of hydrogen-bond donors (Lipinski definition) is 1. The fraction of sp³-hybridized carbons (Fsp3) is 0.500. The van der Waals surface area contributed by atoms with Crippen LogP contribution in [0.3, 0.4) is 0 Å². The molecular formula is C12H18N4OS. The number of nitrogens with one attached hydrogen (secondary N) is 1. The number of thiazole rings is 1. The minimum atomic E-state index is 0.163. The Morgan fingerprint density at radius 3 is 2.89 bits per heavy atom. The van der Waals surface area contributed by atoms with E-state index in [0.29, 0.717) is 13.1 Å². The van der Waals surface area contributed by atoms with E-state index in [1.807, 2.05) is 16.5 Å². The van der Waals surface area contributed by atoms with Gasteiger partial charge in [0.1, 0.15) is 0 Å². The Hall–Kier alpha value is -1.40. The van der Waals surface area contributed by atoms with Crippen LogP contribution in [0.15, 0.2) is 24.2 Å². The second-order valence-electron chi connectivity index (χ2n) is 4.10. The van der Waals surface area contributed by atoms with Crippen molar-refractivity contribution in [2.75, 3.05) is 44.2 Å². The largest absolute Gasteiger partial charge is 0.345 e. The van der Waals surface area contributed by atoms with Crippen molar-refractivity contribution in [1.82, 2.24) is 15.2 Å². The average molecular weight is 266 g/mol. The zero-order valence-electron chi connectivity index (χ0n) is 10.3. The Morgan fingerprint density at radius 1 is 1.50 bits per heavy atom. The molecule has 0 aromatic carbocycles. The lowest BCUT2D eigenvalue weighted by molar-refractivity contribution is -0.130. The first-order valence-electron chi connectivity index (χ1n) is 6.05. The highest BCUT2D eigenvalue weighted by Crippen LogP contribution is 2.18. The highest BCUT2D eigenvalue weighted by Gasteiger charge is 2.21. The van der Waals surface area contributed by atoms with Crippen LogP contribution >= 0.6 is 11.3 Å². The molecule has 2 heterocycles. The maximum atomic E-state index is 11.9. The first-order chi connectivity index (χ1) is 8.81. The number of hydrogen-bond acceptors (Lipinski definition) is 5. The Morgan fingerprint density at radius 2 is 2.28 bits per heavy atom. The molecule has 0 unspecified atom stereocenters. The van der Waals surface area contributed by atoms with E-state index in [-0.39, 0.29) is 5.91 Å². The fourth-order valence-electron chi connectivity index (χ4n) is 1.91. The molecule has 0 radical (unpaired) electrons. The molecule has 5 nitrogen and oxygen atoms in total. The van der Waals surface area contributed by atoms with Crippen LogP contribution < -0.4 is 10.2 Å². The quantitative estimate of drug-likeness (QED) is 0.625. The molecule has 0 atom stereocenters. The standard InChI is InChI=1S/C12H18N4OS/c1-2-3-13-10-11(17)15-5-7-16(8-6-15)12-14-4-9-18-12/h2,4,9,13H,1,3,5-8,10H2. The smallest absolute Gasteiger partial charge is 0.236 e. The van der Waals surface area contributed by atoms with Crippen LogP contribution in [0.2, 0.25) is 0 Å². The zero-order chi connectivity index (χ0) is 12.8. The molecule has 0 aliphatic carbocycles. The summed E-state index contributed by atoms with van der Waals surface area (Å²) in [5.74, 6) is 0.163. The van der Waals surface area contributed by atoms with Crippen LogP contribution in [0.25, 0.3) is 0 Å². The molecule has 1 aliphatic heterocycles. The maximum absolute atomic E-state index is 11.9. The number of carbonyl (C=O) groups excluding carboxylic acids is 1. The van der Waals surface area contributed by atoms with Crippen molar-refractivity contribution in [3.8, 4) is 0 Å². The first-order valence-corrected chi connectivity index (χ1v) is 6.93. The first kappa shape index (κ1) is 13.0. The molecule has 1 saturated heterocycles. The van der Waals surface area contributed by atoms with Crippen molar-refractivity contribution in [1.29, 1.82) is 0 Å². The van der Waals surface area contributed by atoms with E-state index < -0.39 is 0 Å². The Bertz CT molecular complexity index is 385. The molecular weight excluding hydrogens is 248 g/mol. The highest BCUT2D eigenvalue weighted by atomic mass is 32.1. The van der Waals surface area contributed by atoms with Crippen molar-refractivity contribution < 1.29 is 4.79 Å². The third kappa shape index (κ3) is 3.30. The van der Waals surface area contributed by atoms with Crippen molar-refractivity contribution in [3.63, 3.8) is 0 Å². The molecule has 0 bridgehead atoms. The molecule has 98 valence electrons. The van der Waals surface area contributed by atoms with E-state index in [9.17, 15) is 4.79 Å². The minimum absolute atomic E-state index is 0.163. The molecule has 1 fully saturated rings. The monoisotopic (exact) mass is 266 g/mol. The summed E-state index contributed by atoms with van der Waals surface area (Å²) in [7, 11) is 0. The van der Waals surface area contributed by atoms with Crippen molar-refractivity contribution in [3.05, 3.63) is 24.2 Å². The number of rotatable bonds is 5. The molecule has 6 heteroatoms. The molecule has 0 spiro atoms. The second kappa shape index (κ2) is 6.51. The van der Waals surface area contributed by atoms with Gasteiger partial charge in [0.15, 0.2) is 5.13 Å². The van der Waals surface area contributed by atoms with Crippen LogP contribution in [0.5, 0.6) is 0 Å². The Balaban J connectivity index is 1.76. The van der Waals surface area contributed by atoms with Crippen LogP contribution in [-0.2, 0) is 4.79 Å². The molecule has 0 saturated carbocycles. The lowest BCUT2D eigenvalue weighted by atomic mass is 10.3. The molecule has 1 aromatic rings. The molecule has 1 aliphatic rings. The van der Waals surface area contributed by atoms with Crippen molar-refractivity contribution >= 4 is 22.4 Å². The lowest BCUT2D eigenvalue weighted by Gasteiger charge is -2.34. The number of amides is 1. The number of anilines is 1. The Labute approximate surface area is 111 Å². The summed E-state index contributed by atoms with van der Waals surface area (Å²) in [6.07, 6.45) is 3.57. The van der Waals surface area contributed by atoms with Gasteiger partial charge < -0.3 is 15.1 Å². The van der Waals surface area contributed by atoms with Gasteiger partial charge in [0.25, 0.3) is 0 Å². The molecule has 1 aromatic heterocycles.